The summed E-state index contributed by atoms with van der Waals surface area (Å²) in [7, 11) is 3.16. The Morgan fingerprint density at radius 2 is 1.72 bits per heavy atom. The van der Waals surface area contributed by atoms with Crippen molar-refractivity contribution in [1.82, 2.24) is 5.32 Å². The van der Waals surface area contributed by atoms with Crippen molar-refractivity contribution < 1.29 is 23.4 Å². The van der Waals surface area contributed by atoms with Crippen LogP contribution >= 0.6 is 0 Å². The summed E-state index contributed by atoms with van der Waals surface area (Å²) in [6.45, 7) is 1.37. The zero-order valence-corrected chi connectivity index (χ0v) is 16.6. The van der Waals surface area contributed by atoms with E-state index in [4.69, 9.17) is 18.6 Å². The molecule has 6 heteroatoms. The number of ether oxygens (including phenoxy) is 3. The van der Waals surface area contributed by atoms with Crippen LogP contribution in [0.15, 0.2) is 65.3 Å². The second-order valence-corrected chi connectivity index (χ2v) is 6.53. The number of carbonyl (C=O) groups is 1. The molecule has 0 aliphatic carbocycles. The summed E-state index contributed by atoms with van der Waals surface area (Å²) in [5.41, 5.74) is 2.92. The third kappa shape index (κ3) is 6.12. The molecule has 6 nitrogen and oxygen atoms in total. The molecule has 1 amide bonds. The predicted molar refractivity (Wildman–Crippen MR) is 109 cm³/mol. The third-order valence-corrected chi connectivity index (χ3v) is 4.39. The van der Waals surface area contributed by atoms with Crippen molar-refractivity contribution in [3.63, 3.8) is 0 Å². The summed E-state index contributed by atoms with van der Waals surface area (Å²) in [6.07, 6.45) is 1.90. The molecule has 3 aromatic rings. The van der Waals surface area contributed by atoms with E-state index in [-0.39, 0.29) is 12.3 Å². The van der Waals surface area contributed by atoms with E-state index in [1.54, 1.807) is 26.5 Å². The van der Waals surface area contributed by atoms with Gasteiger partial charge in [-0.15, -0.1) is 0 Å². The zero-order valence-electron chi connectivity index (χ0n) is 16.6. The Balaban J connectivity index is 1.48. The molecule has 0 saturated heterocycles. The molecule has 3 rings (SSSR count). The average molecular weight is 395 g/mol. The van der Waals surface area contributed by atoms with Crippen LogP contribution in [-0.2, 0) is 35.7 Å². The lowest BCUT2D eigenvalue weighted by Crippen LogP contribution is -2.24. The topological polar surface area (TPSA) is 69.9 Å². The molecule has 0 fully saturated rings. The SMILES string of the molecule is COc1ccc(CC(=O)NCc2cccc(COCc3ccco3)c2)cc1OC. The van der Waals surface area contributed by atoms with E-state index < -0.39 is 0 Å². The molecule has 0 aliphatic heterocycles. The first kappa shape index (κ1) is 20.5. The van der Waals surface area contributed by atoms with E-state index in [1.165, 1.54) is 0 Å². The van der Waals surface area contributed by atoms with Crippen LogP contribution in [-0.4, -0.2) is 20.1 Å². The lowest BCUT2D eigenvalue weighted by atomic mass is 10.1. The van der Waals surface area contributed by atoms with Gasteiger partial charge >= 0.3 is 0 Å². The molecular weight excluding hydrogens is 370 g/mol. The highest BCUT2D eigenvalue weighted by molar-refractivity contribution is 5.78. The van der Waals surface area contributed by atoms with Gasteiger partial charge in [0.15, 0.2) is 11.5 Å². The van der Waals surface area contributed by atoms with Crippen molar-refractivity contribution in [3.05, 3.63) is 83.3 Å². The van der Waals surface area contributed by atoms with Gasteiger partial charge in [-0.05, 0) is 41.0 Å². The molecule has 29 heavy (non-hydrogen) atoms. The number of amides is 1. The van der Waals surface area contributed by atoms with E-state index in [0.717, 1.165) is 22.5 Å². The molecule has 1 N–H and O–H groups in total. The molecule has 0 unspecified atom stereocenters. The first-order valence-electron chi connectivity index (χ1n) is 9.33. The number of rotatable bonds is 10. The zero-order chi connectivity index (χ0) is 20.5. The number of furan rings is 1. The van der Waals surface area contributed by atoms with Crippen molar-refractivity contribution in [2.75, 3.05) is 14.2 Å². The van der Waals surface area contributed by atoms with Crippen LogP contribution in [0.25, 0.3) is 0 Å². The van der Waals surface area contributed by atoms with Crippen molar-refractivity contribution in [3.8, 4) is 11.5 Å². The smallest absolute Gasteiger partial charge is 0.224 e. The minimum Gasteiger partial charge on any atom is -0.493 e. The Kier molecular flexibility index (Phi) is 7.30. The predicted octanol–water partition coefficient (Wildman–Crippen LogP) is 3.87. The van der Waals surface area contributed by atoms with Crippen molar-refractivity contribution in [1.29, 1.82) is 0 Å². The Bertz CT molecular complexity index is 921. The molecule has 0 saturated carbocycles. The highest BCUT2D eigenvalue weighted by Crippen LogP contribution is 2.27. The number of carbonyl (C=O) groups excluding carboxylic acids is 1. The summed E-state index contributed by atoms with van der Waals surface area (Å²) >= 11 is 0. The van der Waals surface area contributed by atoms with Crippen LogP contribution in [0.2, 0.25) is 0 Å². The van der Waals surface area contributed by atoms with Gasteiger partial charge in [-0.1, -0.05) is 30.3 Å². The van der Waals surface area contributed by atoms with Crippen LogP contribution in [0.5, 0.6) is 11.5 Å². The molecule has 0 radical (unpaired) electrons. The standard InChI is InChI=1S/C23H25NO5/c1-26-21-9-8-17(12-22(21)27-2)13-23(25)24-14-18-5-3-6-19(11-18)15-28-16-20-7-4-10-29-20/h3-12H,13-16H2,1-2H3,(H,24,25). The second-order valence-electron chi connectivity index (χ2n) is 6.53. The molecule has 0 spiro atoms. The fourth-order valence-electron chi connectivity index (χ4n) is 2.93. The molecule has 152 valence electrons. The maximum atomic E-state index is 12.3. The Labute approximate surface area is 170 Å². The third-order valence-electron chi connectivity index (χ3n) is 4.39. The average Bonchev–Trinajstić information content (AvgIpc) is 3.26. The number of methoxy groups -OCH3 is 2. The lowest BCUT2D eigenvalue weighted by molar-refractivity contribution is -0.120. The van der Waals surface area contributed by atoms with Crippen LogP contribution < -0.4 is 14.8 Å². The minimum absolute atomic E-state index is 0.0586. The van der Waals surface area contributed by atoms with Gasteiger partial charge in [0, 0.05) is 6.54 Å². The van der Waals surface area contributed by atoms with E-state index in [9.17, 15) is 4.79 Å². The highest BCUT2D eigenvalue weighted by Gasteiger charge is 2.08. The van der Waals surface area contributed by atoms with Crippen LogP contribution in [0.4, 0.5) is 0 Å². The van der Waals surface area contributed by atoms with Gasteiger partial charge in [0.2, 0.25) is 5.91 Å². The summed E-state index contributed by atoms with van der Waals surface area (Å²) < 4.78 is 21.4. The van der Waals surface area contributed by atoms with Gasteiger partial charge in [0.05, 0.1) is 33.5 Å². The number of hydrogen-bond donors (Lipinski definition) is 1. The number of nitrogens with one attached hydrogen (secondary N) is 1. The van der Waals surface area contributed by atoms with Gasteiger partial charge in [-0.25, -0.2) is 0 Å². The minimum atomic E-state index is -0.0586. The monoisotopic (exact) mass is 395 g/mol. The van der Waals surface area contributed by atoms with Gasteiger partial charge < -0.3 is 23.9 Å². The van der Waals surface area contributed by atoms with E-state index >= 15 is 0 Å². The fourth-order valence-corrected chi connectivity index (χ4v) is 2.93. The van der Waals surface area contributed by atoms with Crippen molar-refractivity contribution in [2.24, 2.45) is 0 Å². The maximum Gasteiger partial charge on any atom is 0.224 e. The quantitative estimate of drug-likeness (QED) is 0.564. The van der Waals surface area contributed by atoms with Gasteiger partial charge in [-0.2, -0.15) is 0 Å². The second kappa shape index (κ2) is 10.3. The summed E-state index contributed by atoms with van der Waals surface area (Å²) in [5, 5.41) is 2.95. The molecule has 1 aromatic heterocycles. The van der Waals surface area contributed by atoms with Gasteiger partial charge in [0.25, 0.3) is 0 Å². The van der Waals surface area contributed by atoms with Gasteiger partial charge in [0.1, 0.15) is 12.4 Å². The first-order chi connectivity index (χ1) is 14.2. The molecule has 0 aliphatic rings. The Hall–Kier alpha value is -3.25. The summed E-state index contributed by atoms with van der Waals surface area (Å²) in [6, 6.07) is 17.2. The van der Waals surface area contributed by atoms with E-state index in [2.05, 4.69) is 5.32 Å². The van der Waals surface area contributed by atoms with Crippen molar-refractivity contribution >= 4 is 5.91 Å². The molecule has 0 atom stereocenters. The summed E-state index contributed by atoms with van der Waals surface area (Å²) in [5.74, 6) is 1.99. The van der Waals surface area contributed by atoms with Crippen molar-refractivity contribution in [2.45, 2.75) is 26.2 Å². The Morgan fingerprint density at radius 3 is 2.48 bits per heavy atom. The normalized spacial score (nSPS) is 10.6. The highest BCUT2D eigenvalue weighted by atomic mass is 16.5. The van der Waals surface area contributed by atoms with Gasteiger partial charge in [-0.3, -0.25) is 4.79 Å². The summed E-state index contributed by atoms with van der Waals surface area (Å²) in [4.78, 5) is 12.3. The van der Waals surface area contributed by atoms with Crippen LogP contribution in [0, 0.1) is 0 Å². The maximum absolute atomic E-state index is 12.3. The Morgan fingerprint density at radius 1 is 0.897 bits per heavy atom. The molecule has 1 heterocycles. The van der Waals surface area contributed by atoms with E-state index in [0.29, 0.717) is 31.3 Å². The lowest BCUT2D eigenvalue weighted by Gasteiger charge is -2.10. The fraction of sp³-hybridized carbons (Fsp3) is 0.261. The number of benzene rings is 2. The largest absolute Gasteiger partial charge is 0.493 e. The van der Waals surface area contributed by atoms with E-state index in [1.807, 2.05) is 48.5 Å². The van der Waals surface area contributed by atoms with Crippen LogP contribution in [0.1, 0.15) is 22.5 Å². The molecular formula is C23H25NO5. The number of hydrogen-bond acceptors (Lipinski definition) is 5. The first-order valence-corrected chi connectivity index (χ1v) is 9.33. The molecule has 2 aromatic carbocycles. The van der Waals surface area contributed by atoms with Crippen LogP contribution in [0.3, 0.4) is 0 Å². The molecule has 0 bridgehead atoms.